The van der Waals surface area contributed by atoms with Gasteiger partial charge in [0.1, 0.15) is 5.75 Å². The zero-order chi connectivity index (χ0) is 32.2. The van der Waals surface area contributed by atoms with Gasteiger partial charge >= 0.3 is 6.03 Å². The van der Waals surface area contributed by atoms with E-state index in [0.29, 0.717) is 30.2 Å². The van der Waals surface area contributed by atoms with Crippen LogP contribution in [0.15, 0.2) is 48.5 Å². The number of carbonyl (C=O) groups excluding carboxylic acids is 3. The molecule has 44 heavy (non-hydrogen) atoms. The quantitative estimate of drug-likeness (QED) is 0.398. The Hall–Kier alpha value is -3.63. The molecule has 10 heteroatoms. The fraction of sp³-hybridized carbons (Fsp3) is 0.559. The van der Waals surface area contributed by atoms with Crippen LogP contribution in [0.4, 0.5) is 10.5 Å². The van der Waals surface area contributed by atoms with Crippen molar-refractivity contribution in [2.45, 2.75) is 84.6 Å². The van der Waals surface area contributed by atoms with Crippen LogP contribution in [0.3, 0.4) is 0 Å². The number of hydrogen-bond acceptors (Lipinski definition) is 6. The Morgan fingerprint density at radius 3 is 2.50 bits per heavy atom. The summed E-state index contributed by atoms with van der Waals surface area (Å²) in [5.74, 6) is -0.247. The van der Waals surface area contributed by atoms with Gasteiger partial charge in [-0.05, 0) is 70.7 Å². The van der Waals surface area contributed by atoms with Gasteiger partial charge in [0.05, 0.1) is 36.8 Å². The minimum absolute atomic E-state index is 0.00286. The first-order valence-electron chi connectivity index (χ1n) is 15.7. The van der Waals surface area contributed by atoms with Gasteiger partial charge in [-0.15, -0.1) is 0 Å². The Bertz CT molecular complexity index is 1220. The lowest BCUT2D eigenvalue weighted by Gasteiger charge is -2.36. The van der Waals surface area contributed by atoms with Crippen LogP contribution in [0.25, 0.3) is 0 Å². The van der Waals surface area contributed by atoms with Crippen LogP contribution in [0.1, 0.15) is 69.8 Å². The summed E-state index contributed by atoms with van der Waals surface area (Å²) in [6.07, 6.45) is 2.17. The Kier molecular flexibility index (Phi) is 13.5. The second-order valence-electron chi connectivity index (χ2n) is 12.2. The number of aliphatic hydroxyl groups excluding tert-OH is 1. The van der Waals surface area contributed by atoms with Crippen LogP contribution in [-0.2, 0) is 16.0 Å². The third-order valence-corrected chi connectivity index (χ3v) is 7.76. The lowest BCUT2D eigenvalue weighted by Crippen LogP contribution is -2.49. The molecule has 3 N–H and O–H groups in total. The maximum absolute atomic E-state index is 14.3. The van der Waals surface area contributed by atoms with E-state index < -0.39 is 6.04 Å². The number of aliphatic hydroxyl groups is 1. The number of likely N-dealkylation sites (N-methyl/N-ethyl adjacent to an activating group) is 1. The number of amides is 4. The highest BCUT2D eigenvalue weighted by Crippen LogP contribution is 2.28. The molecule has 0 saturated heterocycles. The SMILES string of the molecule is CC(C)NC(=O)N(C)C[C@@H]1OCCCC[C@H](C)Oc2ccc(NC(=O)Cc3ccccc3)cc2C(=O)N([C@@H](C)CO)C[C@H]1C. The molecule has 2 aromatic carbocycles. The van der Waals surface area contributed by atoms with E-state index in [1.165, 1.54) is 0 Å². The number of ether oxygens (including phenoxy) is 2. The Balaban J connectivity index is 1.91. The molecule has 0 unspecified atom stereocenters. The van der Waals surface area contributed by atoms with Crippen LogP contribution in [0.5, 0.6) is 5.75 Å². The fourth-order valence-electron chi connectivity index (χ4n) is 5.16. The Morgan fingerprint density at radius 2 is 1.82 bits per heavy atom. The minimum atomic E-state index is -0.498. The highest BCUT2D eigenvalue weighted by molar-refractivity contribution is 6.00. The molecule has 0 spiro atoms. The average molecular weight is 611 g/mol. The van der Waals surface area contributed by atoms with Crippen LogP contribution < -0.4 is 15.4 Å². The maximum Gasteiger partial charge on any atom is 0.317 e. The third-order valence-electron chi connectivity index (χ3n) is 7.76. The van der Waals surface area contributed by atoms with Gasteiger partial charge in [-0.2, -0.15) is 0 Å². The molecular weight excluding hydrogens is 560 g/mol. The maximum atomic E-state index is 14.3. The van der Waals surface area contributed by atoms with Crippen molar-refractivity contribution in [3.8, 4) is 5.75 Å². The van der Waals surface area contributed by atoms with Crippen molar-refractivity contribution in [1.82, 2.24) is 15.1 Å². The number of fused-ring (bicyclic) bond motifs is 1. The van der Waals surface area contributed by atoms with Crippen molar-refractivity contribution in [3.63, 3.8) is 0 Å². The van der Waals surface area contributed by atoms with E-state index in [1.807, 2.05) is 58.0 Å². The third kappa shape index (κ3) is 10.5. The van der Waals surface area contributed by atoms with E-state index in [1.54, 1.807) is 42.0 Å². The molecular formula is C34H50N4O6. The Morgan fingerprint density at radius 1 is 1.09 bits per heavy atom. The van der Waals surface area contributed by atoms with Crippen LogP contribution in [-0.4, -0.2) is 90.4 Å². The number of benzene rings is 2. The molecule has 3 rings (SSSR count). The van der Waals surface area contributed by atoms with Gasteiger partial charge in [0.15, 0.2) is 0 Å². The summed E-state index contributed by atoms with van der Waals surface area (Å²) in [7, 11) is 1.74. The molecule has 0 aliphatic carbocycles. The van der Waals surface area contributed by atoms with E-state index in [2.05, 4.69) is 10.6 Å². The molecule has 0 bridgehead atoms. The van der Waals surface area contributed by atoms with Crippen molar-refractivity contribution >= 4 is 23.5 Å². The number of carbonyl (C=O) groups is 3. The van der Waals surface area contributed by atoms with Gasteiger partial charge < -0.3 is 35.0 Å². The second kappa shape index (κ2) is 17.0. The smallest absolute Gasteiger partial charge is 0.317 e. The number of hydrogen-bond donors (Lipinski definition) is 3. The first-order valence-corrected chi connectivity index (χ1v) is 15.7. The van der Waals surface area contributed by atoms with Crippen molar-refractivity contribution in [2.75, 3.05) is 38.7 Å². The topological polar surface area (TPSA) is 120 Å². The highest BCUT2D eigenvalue weighted by Gasteiger charge is 2.31. The van der Waals surface area contributed by atoms with Gasteiger partial charge in [0.2, 0.25) is 5.91 Å². The zero-order valence-electron chi connectivity index (χ0n) is 27.0. The first kappa shape index (κ1) is 34.9. The normalized spacial score (nSPS) is 20.6. The molecule has 10 nitrogen and oxygen atoms in total. The van der Waals surface area contributed by atoms with Crippen molar-refractivity contribution in [1.29, 1.82) is 0 Å². The predicted molar refractivity (Wildman–Crippen MR) is 172 cm³/mol. The summed E-state index contributed by atoms with van der Waals surface area (Å²) < 4.78 is 12.6. The monoisotopic (exact) mass is 610 g/mol. The molecule has 0 saturated carbocycles. The van der Waals surface area contributed by atoms with Crippen molar-refractivity contribution < 1.29 is 29.0 Å². The predicted octanol–water partition coefficient (Wildman–Crippen LogP) is 4.71. The van der Waals surface area contributed by atoms with Crippen molar-refractivity contribution in [2.24, 2.45) is 5.92 Å². The molecule has 2 aromatic rings. The van der Waals surface area contributed by atoms with Crippen LogP contribution >= 0.6 is 0 Å². The van der Waals surface area contributed by atoms with Crippen molar-refractivity contribution in [3.05, 3.63) is 59.7 Å². The number of nitrogens with zero attached hydrogens (tertiary/aromatic N) is 2. The summed E-state index contributed by atoms with van der Waals surface area (Å²) in [5.41, 5.74) is 1.68. The van der Waals surface area contributed by atoms with Gasteiger partial charge in [0, 0.05) is 44.4 Å². The first-order chi connectivity index (χ1) is 21.0. The highest BCUT2D eigenvalue weighted by atomic mass is 16.5. The van der Waals surface area contributed by atoms with Gasteiger partial charge in [-0.1, -0.05) is 37.3 Å². The van der Waals surface area contributed by atoms with Crippen LogP contribution in [0, 0.1) is 5.92 Å². The number of urea groups is 1. The summed E-state index contributed by atoms with van der Waals surface area (Å²) in [6, 6.07) is 13.9. The molecule has 1 aliphatic rings. The standard InChI is InChI=1S/C34H50N4O6/c1-23(2)35-34(42)37(6)21-31-24(3)20-38(25(4)22-39)33(41)29-19-28(36-32(40)18-27-13-8-7-9-14-27)15-16-30(29)44-26(5)12-10-11-17-43-31/h7-9,13-16,19,23-26,31,39H,10-12,17-18,20-22H2,1-6H3,(H,35,42)(H,36,40)/t24-,25+,26+,31+/m1/s1. The molecule has 0 fully saturated rings. The minimum Gasteiger partial charge on any atom is -0.490 e. The van der Waals surface area contributed by atoms with Crippen LogP contribution in [0.2, 0.25) is 0 Å². The Labute approximate surface area is 262 Å². The van der Waals surface area contributed by atoms with E-state index in [0.717, 1.165) is 24.8 Å². The number of rotatable bonds is 8. The molecule has 1 aliphatic heterocycles. The molecule has 4 amide bonds. The average Bonchev–Trinajstić information content (AvgIpc) is 2.98. The second-order valence-corrected chi connectivity index (χ2v) is 12.2. The number of nitrogens with one attached hydrogen (secondary N) is 2. The molecule has 1 heterocycles. The molecule has 0 aromatic heterocycles. The largest absolute Gasteiger partial charge is 0.490 e. The van der Waals surface area contributed by atoms with Gasteiger partial charge in [-0.25, -0.2) is 4.79 Å². The van der Waals surface area contributed by atoms with E-state index in [9.17, 15) is 19.5 Å². The molecule has 0 radical (unpaired) electrons. The summed E-state index contributed by atoms with van der Waals surface area (Å²) in [6.45, 7) is 10.5. The van der Waals surface area contributed by atoms with E-state index in [4.69, 9.17) is 9.47 Å². The summed E-state index contributed by atoms with van der Waals surface area (Å²) in [4.78, 5) is 43.0. The molecule has 4 atom stereocenters. The lowest BCUT2D eigenvalue weighted by atomic mass is 10.0. The molecule has 242 valence electrons. The summed E-state index contributed by atoms with van der Waals surface area (Å²) >= 11 is 0. The zero-order valence-corrected chi connectivity index (χ0v) is 27.0. The van der Waals surface area contributed by atoms with E-state index >= 15 is 0 Å². The van der Waals surface area contributed by atoms with E-state index in [-0.39, 0.29) is 61.6 Å². The number of anilines is 1. The van der Waals surface area contributed by atoms with Gasteiger partial charge in [-0.3, -0.25) is 9.59 Å². The fourth-order valence-corrected chi connectivity index (χ4v) is 5.16. The summed E-state index contributed by atoms with van der Waals surface area (Å²) in [5, 5.41) is 16.0. The van der Waals surface area contributed by atoms with Gasteiger partial charge in [0.25, 0.3) is 5.91 Å². The lowest BCUT2D eigenvalue weighted by molar-refractivity contribution is -0.115.